The van der Waals surface area contributed by atoms with Crippen molar-refractivity contribution in [3.05, 3.63) is 21.4 Å². The van der Waals surface area contributed by atoms with E-state index in [1.807, 2.05) is 11.3 Å². The molecule has 0 amide bonds. The lowest BCUT2D eigenvalue weighted by Crippen LogP contribution is -1.91. The van der Waals surface area contributed by atoms with Gasteiger partial charge in [0.25, 0.3) is 0 Å². The van der Waals surface area contributed by atoms with Crippen LogP contribution in [-0.4, -0.2) is 0 Å². The number of thiophene rings is 1. The van der Waals surface area contributed by atoms with Gasteiger partial charge in [0.05, 0.1) is 0 Å². The summed E-state index contributed by atoms with van der Waals surface area (Å²) in [5.74, 6) is 0. The molecule has 0 saturated heterocycles. The van der Waals surface area contributed by atoms with Gasteiger partial charge in [-0.05, 0) is 30.9 Å². The Balaban J connectivity index is 0.000000605. The van der Waals surface area contributed by atoms with Crippen LogP contribution >= 0.6 is 23.7 Å². The Morgan fingerprint density at radius 1 is 1.45 bits per heavy atom. The molecule has 0 spiro atoms. The van der Waals surface area contributed by atoms with Crippen LogP contribution in [0, 0.1) is 0 Å². The van der Waals surface area contributed by atoms with Crippen LogP contribution in [-0.2, 0) is 19.4 Å². The number of aryl methyl sites for hydroxylation is 2. The molecule has 1 aromatic heterocycles. The molecule has 0 fully saturated rings. The van der Waals surface area contributed by atoms with E-state index in [0.717, 1.165) is 6.54 Å². The summed E-state index contributed by atoms with van der Waals surface area (Å²) in [5.41, 5.74) is 7.08. The summed E-state index contributed by atoms with van der Waals surface area (Å²) >= 11 is 1.90. The van der Waals surface area contributed by atoms with Gasteiger partial charge in [-0.15, -0.1) is 23.7 Å². The molecule has 2 rings (SSSR count). The van der Waals surface area contributed by atoms with E-state index in [9.17, 15) is 0 Å². The third kappa shape index (κ3) is 1.58. The summed E-state index contributed by atoms with van der Waals surface area (Å²) < 4.78 is 0. The van der Waals surface area contributed by atoms with Crippen molar-refractivity contribution in [3.8, 4) is 0 Å². The predicted molar refractivity (Wildman–Crippen MR) is 51.5 cm³/mol. The Kier molecular flexibility index (Phi) is 2.93. The predicted octanol–water partition coefficient (Wildman–Crippen LogP) is 2.12. The Morgan fingerprint density at radius 2 is 2.27 bits per heavy atom. The minimum absolute atomic E-state index is 0. The van der Waals surface area contributed by atoms with Crippen LogP contribution in [0.25, 0.3) is 0 Å². The van der Waals surface area contributed by atoms with Crippen molar-refractivity contribution in [2.75, 3.05) is 0 Å². The number of hydrogen-bond donors (Lipinski definition) is 1. The summed E-state index contributed by atoms with van der Waals surface area (Å²) in [7, 11) is 0. The van der Waals surface area contributed by atoms with Crippen LogP contribution in [0.15, 0.2) is 6.07 Å². The summed E-state index contributed by atoms with van der Waals surface area (Å²) in [4.78, 5) is 2.94. The van der Waals surface area contributed by atoms with E-state index in [1.165, 1.54) is 24.1 Å². The largest absolute Gasteiger partial charge is 0.326 e. The first-order valence-corrected chi connectivity index (χ1v) is 4.52. The van der Waals surface area contributed by atoms with Crippen molar-refractivity contribution in [1.82, 2.24) is 0 Å². The minimum atomic E-state index is 0. The van der Waals surface area contributed by atoms with E-state index >= 15 is 0 Å². The molecule has 0 saturated carbocycles. The van der Waals surface area contributed by atoms with Gasteiger partial charge >= 0.3 is 0 Å². The maximum atomic E-state index is 5.52. The number of rotatable bonds is 1. The van der Waals surface area contributed by atoms with Gasteiger partial charge in [-0.25, -0.2) is 0 Å². The fraction of sp³-hybridized carbons (Fsp3) is 0.500. The van der Waals surface area contributed by atoms with Crippen molar-refractivity contribution in [2.24, 2.45) is 5.73 Å². The highest BCUT2D eigenvalue weighted by Crippen LogP contribution is 2.29. The molecule has 0 aliphatic heterocycles. The number of halogens is 1. The Morgan fingerprint density at radius 3 is 2.91 bits per heavy atom. The number of hydrogen-bond acceptors (Lipinski definition) is 2. The Bertz CT molecular complexity index is 223. The summed E-state index contributed by atoms with van der Waals surface area (Å²) in [5, 5.41) is 0. The van der Waals surface area contributed by atoms with E-state index in [2.05, 4.69) is 6.07 Å². The molecule has 1 aliphatic rings. The SMILES string of the molecule is Cl.NCc1cc2c(s1)CCC2. The van der Waals surface area contributed by atoms with E-state index < -0.39 is 0 Å². The second-order valence-corrected chi connectivity index (χ2v) is 3.94. The van der Waals surface area contributed by atoms with Crippen molar-refractivity contribution in [3.63, 3.8) is 0 Å². The van der Waals surface area contributed by atoms with E-state index in [-0.39, 0.29) is 12.4 Å². The van der Waals surface area contributed by atoms with E-state index in [1.54, 1.807) is 10.4 Å². The second-order valence-electron chi connectivity index (χ2n) is 2.72. The maximum absolute atomic E-state index is 5.52. The molecule has 3 heteroatoms. The molecule has 1 aromatic rings. The monoisotopic (exact) mass is 189 g/mol. The summed E-state index contributed by atoms with van der Waals surface area (Å²) in [6.07, 6.45) is 3.93. The minimum Gasteiger partial charge on any atom is -0.326 e. The zero-order chi connectivity index (χ0) is 6.97. The molecule has 0 atom stereocenters. The fourth-order valence-electron chi connectivity index (χ4n) is 1.49. The van der Waals surface area contributed by atoms with Crippen LogP contribution in [0.2, 0.25) is 0 Å². The zero-order valence-electron chi connectivity index (χ0n) is 6.30. The van der Waals surface area contributed by atoms with E-state index in [4.69, 9.17) is 5.73 Å². The third-order valence-corrected chi connectivity index (χ3v) is 3.26. The molecule has 2 N–H and O–H groups in total. The summed E-state index contributed by atoms with van der Waals surface area (Å²) in [6, 6.07) is 2.27. The van der Waals surface area contributed by atoms with Crippen molar-refractivity contribution >= 4 is 23.7 Å². The average molecular weight is 190 g/mol. The lowest BCUT2D eigenvalue weighted by molar-refractivity contribution is 0.912. The first-order chi connectivity index (χ1) is 4.90. The topological polar surface area (TPSA) is 26.0 Å². The molecule has 62 valence electrons. The lowest BCUT2D eigenvalue weighted by atomic mass is 10.2. The molecule has 0 aromatic carbocycles. The maximum Gasteiger partial charge on any atom is 0.0273 e. The highest BCUT2D eigenvalue weighted by atomic mass is 35.5. The standard InChI is InChI=1S/C8H11NS.ClH/c9-5-7-4-6-2-1-3-8(6)10-7;/h4H,1-3,5,9H2;1H. The van der Waals surface area contributed by atoms with Gasteiger partial charge in [-0.2, -0.15) is 0 Å². The molecule has 11 heavy (non-hydrogen) atoms. The highest BCUT2D eigenvalue weighted by Gasteiger charge is 2.13. The summed E-state index contributed by atoms with van der Waals surface area (Å²) in [6.45, 7) is 0.720. The van der Waals surface area contributed by atoms with Gasteiger partial charge in [-0.3, -0.25) is 0 Å². The molecule has 0 radical (unpaired) electrons. The molecule has 1 aliphatic carbocycles. The smallest absolute Gasteiger partial charge is 0.0273 e. The van der Waals surface area contributed by atoms with Crippen LogP contribution in [0.3, 0.4) is 0 Å². The third-order valence-electron chi connectivity index (χ3n) is 2.00. The number of nitrogens with two attached hydrogens (primary N) is 1. The second kappa shape index (κ2) is 3.57. The van der Waals surface area contributed by atoms with Crippen LogP contribution < -0.4 is 5.73 Å². The molecule has 1 nitrogen and oxygen atoms in total. The molecular weight excluding hydrogens is 178 g/mol. The zero-order valence-corrected chi connectivity index (χ0v) is 7.93. The van der Waals surface area contributed by atoms with Crippen molar-refractivity contribution in [2.45, 2.75) is 25.8 Å². The van der Waals surface area contributed by atoms with Gasteiger partial charge in [-0.1, -0.05) is 0 Å². The van der Waals surface area contributed by atoms with Crippen molar-refractivity contribution in [1.29, 1.82) is 0 Å². The van der Waals surface area contributed by atoms with Gasteiger partial charge < -0.3 is 5.73 Å². The Hall–Kier alpha value is -0.0500. The van der Waals surface area contributed by atoms with Gasteiger partial charge in [0.1, 0.15) is 0 Å². The van der Waals surface area contributed by atoms with Crippen LogP contribution in [0.4, 0.5) is 0 Å². The van der Waals surface area contributed by atoms with Gasteiger partial charge in [0.2, 0.25) is 0 Å². The van der Waals surface area contributed by atoms with Crippen LogP contribution in [0.1, 0.15) is 21.7 Å². The molecule has 1 heterocycles. The van der Waals surface area contributed by atoms with Gasteiger partial charge in [0.15, 0.2) is 0 Å². The quantitative estimate of drug-likeness (QED) is 0.720. The normalized spacial score (nSPS) is 14.3. The highest BCUT2D eigenvalue weighted by molar-refractivity contribution is 7.12. The number of fused-ring (bicyclic) bond motifs is 1. The Labute approximate surface area is 77.0 Å². The lowest BCUT2D eigenvalue weighted by Gasteiger charge is -1.86. The average Bonchev–Trinajstić information content (AvgIpc) is 2.42. The molecule has 0 unspecified atom stereocenters. The van der Waals surface area contributed by atoms with E-state index in [0.29, 0.717) is 0 Å². The molecular formula is C8H12ClNS. The first kappa shape index (κ1) is 9.04. The van der Waals surface area contributed by atoms with Crippen molar-refractivity contribution < 1.29 is 0 Å². The van der Waals surface area contributed by atoms with Gasteiger partial charge in [0, 0.05) is 16.3 Å². The first-order valence-electron chi connectivity index (χ1n) is 3.70. The fourth-order valence-corrected chi connectivity index (χ4v) is 2.63. The molecule has 0 bridgehead atoms. The van der Waals surface area contributed by atoms with Crippen LogP contribution in [0.5, 0.6) is 0 Å².